The van der Waals surface area contributed by atoms with Crippen molar-refractivity contribution in [2.45, 2.75) is 13.3 Å². The first-order valence-corrected chi connectivity index (χ1v) is 4.79. The van der Waals surface area contributed by atoms with Crippen molar-refractivity contribution in [2.75, 3.05) is 14.2 Å². The van der Waals surface area contributed by atoms with Crippen molar-refractivity contribution in [3.8, 4) is 0 Å². The summed E-state index contributed by atoms with van der Waals surface area (Å²) in [4.78, 5) is 22.7. The molecule has 0 radical (unpaired) electrons. The average molecular weight is 226 g/mol. The van der Waals surface area contributed by atoms with Gasteiger partial charge in [0.15, 0.2) is 5.92 Å². The number of esters is 2. The maximum atomic E-state index is 11.4. The molecule has 0 saturated heterocycles. The normalized spacial score (nSPS) is 10.2. The maximum absolute atomic E-state index is 11.4. The SMILES string of the molecule is COC(=O)C(Cc1ccc(C)o1)C(=O)OC. The molecule has 0 bridgehead atoms. The molecule has 0 N–H and O–H groups in total. The van der Waals surface area contributed by atoms with Gasteiger partial charge in [0.05, 0.1) is 14.2 Å². The minimum Gasteiger partial charge on any atom is -0.468 e. The van der Waals surface area contributed by atoms with E-state index in [1.807, 2.05) is 0 Å². The highest BCUT2D eigenvalue weighted by molar-refractivity contribution is 5.95. The first kappa shape index (κ1) is 12.3. The summed E-state index contributed by atoms with van der Waals surface area (Å²) in [6, 6.07) is 3.48. The number of ether oxygens (including phenoxy) is 2. The van der Waals surface area contributed by atoms with Crippen molar-refractivity contribution in [3.05, 3.63) is 23.7 Å². The van der Waals surface area contributed by atoms with Crippen molar-refractivity contribution in [1.82, 2.24) is 0 Å². The standard InChI is InChI=1S/C11H14O5/c1-7-4-5-8(16-7)6-9(10(12)14-2)11(13)15-3/h4-5,9H,6H2,1-3H3. The molecule has 0 saturated carbocycles. The molecule has 0 spiro atoms. The van der Waals surface area contributed by atoms with Crippen LogP contribution >= 0.6 is 0 Å². The number of rotatable bonds is 4. The van der Waals surface area contributed by atoms with Crippen LogP contribution in [0.3, 0.4) is 0 Å². The first-order chi connectivity index (χ1) is 7.58. The van der Waals surface area contributed by atoms with Crippen LogP contribution in [0.1, 0.15) is 11.5 Å². The van der Waals surface area contributed by atoms with Gasteiger partial charge in [0.2, 0.25) is 0 Å². The molecular formula is C11H14O5. The predicted octanol–water partition coefficient (Wildman–Crippen LogP) is 1.09. The van der Waals surface area contributed by atoms with E-state index in [2.05, 4.69) is 9.47 Å². The Kier molecular flexibility index (Phi) is 4.10. The molecule has 5 heteroatoms. The highest BCUT2D eigenvalue weighted by atomic mass is 16.5. The fraction of sp³-hybridized carbons (Fsp3) is 0.455. The van der Waals surface area contributed by atoms with Gasteiger partial charge >= 0.3 is 11.9 Å². The Morgan fingerprint density at radius 3 is 2.19 bits per heavy atom. The average Bonchev–Trinajstić information content (AvgIpc) is 2.69. The van der Waals surface area contributed by atoms with Crippen LogP contribution < -0.4 is 0 Å². The minimum atomic E-state index is -0.972. The van der Waals surface area contributed by atoms with Crippen molar-refractivity contribution < 1.29 is 23.5 Å². The highest BCUT2D eigenvalue weighted by Gasteiger charge is 2.29. The summed E-state index contributed by atoms with van der Waals surface area (Å²) < 4.78 is 14.4. The van der Waals surface area contributed by atoms with Gasteiger partial charge in [-0.2, -0.15) is 0 Å². The summed E-state index contributed by atoms with van der Waals surface area (Å²) in [6.07, 6.45) is 0.146. The topological polar surface area (TPSA) is 65.7 Å². The molecule has 0 aliphatic carbocycles. The van der Waals surface area contributed by atoms with Crippen molar-refractivity contribution in [1.29, 1.82) is 0 Å². The van der Waals surface area contributed by atoms with Crippen molar-refractivity contribution >= 4 is 11.9 Å². The molecule has 0 unspecified atom stereocenters. The molecule has 1 rings (SSSR count). The van der Waals surface area contributed by atoms with Crippen LogP contribution in [0.25, 0.3) is 0 Å². The summed E-state index contributed by atoms with van der Waals surface area (Å²) in [7, 11) is 2.46. The predicted molar refractivity (Wildman–Crippen MR) is 54.7 cm³/mol. The van der Waals surface area contributed by atoms with E-state index in [0.29, 0.717) is 5.76 Å². The molecule has 0 aliphatic heterocycles. The molecular weight excluding hydrogens is 212 g/mol. The van der Waals surface area contributed by atoms with Gasteiger partial charge in [0.1, 0.15) is 11.5 Å². The Hall–Kier alpha value is -1.78. The Labute approximate surface area is 93.3 Å². The number of furan rings is 1. The van der Waals surface area contributed by atoms with Gasteiger partial charge in [0, 0.05) is 6.42 Å². The van der Waals surface area contributed by atoms with Gasteiger partial charge in [-0.15, -0.1) is 0 Å². The molecule has 0 aromatic carbocycles. The van der Waals surface area contributed by atoms with E-state index in [4.69, 9.17) is 4.42 Å². The summed E-state index contributed by atoms with van der Waals surface area (Å²) in [5, 5.41) is 0. The lowest BCUT2D eigenvalue weighted by Gasteiger charge is -2.10. The first-order valence-electron chi connectivity index (χ1n) is 4.79. The zero-order chi connectivity index (χ0) is 12.1. The lowest BCUT2D eigenvalue weighted by Crippen LogP contribution is -2.28. The third-order valence-electron chi connectivity index (χ3n) is 2.17. The lowest BCUT2D eigenvalue weighted by atomic mass is 10.0. The summed E-state index contributed by atoms with van der Waals surface area (Å²) >= 11 is 0. The Morgan fingerprint density at radius 1 is 1.25 bits per heavy atom. The van der Waals surface area contributed by atoms with E-state index in [1.165, 1.54) is 14.2 Å². The third kappa shape index (κ3) is 2.85. The minimum absolute atomic E-state index is 0.146. The molecule has 0 amide bonds. The molecule has 0 atom stereocenters. The van der Waals surface area contributed by atoms with Gasteiger partial charge in [-0.3, -0.25) is 9.59 Å². The van der Waals surface area contributed by atoms with E-state index in [9.17, 15) is 9.59 Å². The molecule has 0 fully saturated rings. The Morgan fingerprint density at radius 2 is 1.81 bits per heavy atom. The van der Waals surface area contributed by atoms with Gasteiger partial charge < -0.3 is 13.9 Å². The molecule has 5 nitrogen and oxygen atoms in total. The molecule has 1 aromatic heterocycles. The number of methoxy groups -OCH3 is 2. The third-order valence-corrected chi connectivity index (χ3v) is 2.17. The largest absolute Gasteiger partial charge is 0.468 e. The van der Waals surface area contributed by atoms with Crippen LogP contribution in [0.4, 0.5) is 0 Å². The van der Waals surface area contributed by atoms with Crippen LogP contribution in [-0.4, -0.2) is 26.2 Å². The fourth-order valence-corrected chi connectivity index (χ4v) is 1.34. The zero-order valence-electron chi connectivity index (χ0n) is 9.48. The summed E-state index contributed by atoms with van der Waals surface area (Å²) in [5.74, 6) is -0.941. The van der Waals surface area contributed by atoms with E-state index < -0.39 is 17.9 Å². The van der Waals surface area contributed by atoms with Crippen LogP contribution in [0.15, 0.2) is 16.5 Å². The summed E-state index contributed by atoms with van der Waals surface area (Å²) in [6.45, 7) is 1.79. The van der Waals surface area contributed by atoms with Gasteiger partial charge in [0.25, 0.3) is 0 Å². The van der Waals surface area contributed by atoms with Crippen LogP contribution in [-0.2, 0) is 25.5 Å². The second-order valence-corrected chi connectivity index (χ2v) is 3.32. The molecule has 0 aliphatic rings. The van der Waals surface area contributed by atoms with Gasteiger partial charge in [-0.25, -0.2) is 0 Å². The Bertz CT molecular complexity index is 363. The smallest absolute Gasteiger partial charge is 0.320 e. The number of hydrogen-bond donors (Lipinski definition) is 0. The Balaban J connectivity index is 2.78. The van der Waals surface area contributed by atoms with E-state index in [0.717, 1.165) is 5.76 Å². The van der Waals surface area contributed by atoms with Crippen molar-refractivity contribution in [3.63, 3.8) is 0 Å². The van der Waals surface area contributed by atoms with E-state index in [1.54, 1.807) is 19.1 Å². The fourth-order valence-electron chi connectivity index (χ4n) is 1.34. The highest BCUT2D eigenvalue weighted by Crippen LogP contribution is 2.14. The lowest BCUT2D eigenvalue weighted by molar-refractivity contribution is -0.158. The molecule has 1 heterocycles. The monoisotopic (exact) mass is 226 g/mol. The molecule has 16 heavy (non-hydrogen) atoms. The van der Waals surface area contributed by atoms with Gasteiger partial charge in [-0.1, -0.05) is 0 Å². The number of carbonyl (C=O) groups excluding carboxylic acids is 2. The zero-order valence-corrected chi connectivity index (χ0v) is 9.48. The number of carbonyl (C=O) groups is 2. The van der Waals surface area contributed by atoms with Crippen LogP contribution in [0.5, 0.6) is 0 Å². The second-order valence-electron chi connectivity index (χ2n) is 3.32. The summed E-state index contributed by atoms with van der Waals surface area (Å²) in [5.41, 5.74) is 0. The van der Waals surface area contributed by atoms with Crippen LogP contribution in [0.2, 0.25) is 0 Å². The van der Waals surface area contributed by atoms with E-state index >= 15 is 0 Å². The van der Waals surface area contributed by atoms with Crippen LogP contribution in [0, 0.1) is 12.8 Å². The second kappa shape index (κ2) is 5.34. The maximum Gasteiger partial charge on any atom is 0.320 e. The molecule has 1 aromatic rings. The van der Waals surface area contributed by atoms with Gasteiger partial charge in [-0.05, 0) is 19.1 Å². The number of aryl methyl sites for hydroxylation is 1. The quantitative estimate of drug-likeness (QED) is 0.568. The molecule has 88 valence electrons. The van der Waals surface area contributed by atoms with Crippen molar-refractivity contribution in [2.24, 2.45) is 5.92 Å². The number of hydrogen-bond acceptors (Lipinski definition) is 5. The van der Waals surface area contributed by atoms with E-state index in [-0.39, 0.29) is 6.42 Å².